The molecule has 1 aromatic carbocycles. The largest absolute Gasteiger partial charge is 0.343 e. The molecular formula is C10H10F2N2O3. The first-order valence-corrected chi connectivity index (χ1v) is 4.59. The molecule has 0 aromatic heterocycles. The lowest BCUT2D eigenvalue weighted by Gasteiger charge is -2.05. The fraction of sp³-hybridized carbons (Fsp3) is 0.200. The van der Waals surface area contributed by atoms with Gasteiger partial charge in [-0.3, -0.25) is 14.4 Å². The Balaban J connectivity index is 2.61. The summed E-state index contributed by atoms with van der Waals surface area (Å²) in [6, 6.07) is 2.53. The quantitative estimate of drug-likeness (QED) is 0.752. The minimum Gasteiger partial charge on any atom is -0.343 e. The molecular weight excluding hydrogens is 234 g/mol. The van der Waals surface area contributed by atoms with Crippen LogP contribution in [0.2, 0.25) is 0 Å². The number of hydrogen-bond donors (Lipinski definition) is 2. The number of hydroxylamine groups is 1. The average molecular weight is 244 g/mol. The van der Waals surface area contributed by atoms with E-state index in [4.69, 9.17) is 0 Å². The molecule has 0 radical (unpaired) electrons. The molecule has 1 aromatic rings. The Bertz CT molecular complexity index is 438. The van der Waals surface area contributed by atoms with E-state index in [2.05, 4.69) is 10.2 Å². The summed E-state index contributed by atoms with van der Waals surface area (Å²) in [7, 11) is 1.24. The van der Waals surface area contributed by atoms with Crippen LogP contribution in [0.1, 0.15) is 10.4 Å². The fourth-order valence-electron chi connectivity index (χ4n) is 1.08. The van der Waals surface area contributed by atoms with Gasteiger partial charge >= 0.3 is 0 Å². The highest BCUT2D eigenvalue weighted by molar-refractivity contribution is 5.96. The van der Waals surface area contributed by atoms with Gasteiger partial charge in [0.1, 0.15) is 11.6 Å². The Labute approximate surface area is 95.7 Å². The van der Waals surface area contributed by atoms with Crippen molar-refractivity contribution in [3.8, 4) is 0 Å². The van der Waals surface area contributed by atoms with Gasteiger partial charge in [0.2, 0.25) is 0 Å². The number of carbonyl (C=O) groups excluding carboxylic acids is 2. The molecule has 17 heavy (non-hydrogen) atoms. The standard InChI is InChI=1S/C10H10F2N2O3/c1-17-14-9(15)5-13-10(16)7-3-2-6(11)4-8(7)12/h2-4H,5H2,1H3,(H,13,16)(H,14,15). The maximum atomic E-state index is 13.1. The minimum absolute atomic E-state index is 0.336. The fourth-order valence-corrected chi connectivity index (χ4v) is 1.08. The third kappa shape index (κ3) is 3.80. The van der Waals surface area contributed by atoms with Crippen molar-refractivity contribution in [1.29, 1.82) is 0 Å². The maximum Gasteiger partial charge on any atom is 0.262 e. The van der Waals surface area contributed by atoms with E-state index in [0.29, 0.717) is 6.07 Å². The van der Waals surface area contributed by atoms with E-state index in [9.17, 15) is 18.4 Å². The van der Waals surface area contributed by atoms with Gasteiger partial charge in [0.05, 0.1) is 19.2 Å². The van der Waals surface area contributed by atoms with Crippen molar-refractivity contribution in [3.05, 3.63) is 35.4 Å². The average Bonchev–Trinajstić information content (AvgIpc) is 2.26. The molecule has 0 aliphatic heterocycles. The molecule has 0 unspecified atom stereocenters. The number of hydrogen-bond acceptors (Lipinski definition) is 3. The summed E-state index contributed by atoms with van der Waals surface area (Å²) in [6.07, 6.45) is 0. The van der Waals surface area contributed by atoms with Crippen molar-refractivity contribution < 1.29 is 23.2 Å². The monoisotopic (exact) mass is 244 g/mol. The van der Waals surface area contributed by atoms with E-state index < -0.39 is 23.4 Å². The van der Waals surface area contributed by atoms with Crippen molar-refractivity contribution in [1.82, 2.24) is 10.8 Å². The number of rotatable bonds is 4. The molecule has 0 spiro atoms. The van der Waals surface area contributed by atoms with E-state index in [1.165, 1.54) is 7.11 Å². The first-order valence-electron chi connectivity index (χ1n) is 4.59. The summed E-state index contributed by atoms with van der Waals surface area (Å²) in [5.74, 6) is -3.18. The van der Waals surface area contributed by atoms with Crippen LogP contribution in [0.5, 0.6) is 0 Å². The van der Waals surface area contributed by atoms with Gasteiger partial charge in [0, 0.05) is 6.07 Å². The Morgan fingerprint density at radius 1 is 1.35 bits per heavy atom. The molecule has 7 heteroatoms. The van der Waals surface area contributed by atoms with Crippen molar-refractivity contribution in [2.24, 2.45) is 0 Å². The van der Waals surface area contributed by atoms with Crippen molar-refractivity contribution >= 4 is 11.8 Å². The van der Waals surface area contributed by atoms with Gasteiger partial charge in [-0.05, 0) is 12.1 Å². The number of nitrogens with one attached hydrogen (secondary N) is 2. The molecule has 5 nitrogen and oxygen atoms in total. The zero-order valence-corrected chi connectivity index (χ0v) is 8.92. The van der Waals surface area contributed by atoms with Gasteiger partial charge in [-0.25, -0.2) is 14.3 Å². The van der Waals surface area contributed by atoms with Crippen molar-refractivity contribution in [3.63, 3.8) is 0 Å². The molecule has 1 rings (SSSR count). The first kappa shape index (κ1) is 13.0. The summed E-state index contributed by atoms with van der Waals surface area (Å²) in [5.41, 5.74) is 1.63. The third-order valence-electron chi connectivity index (χ3n) is 1.80. The van der Waals surface area contributed by atoms with E-state index in [-0.39, 0.29) is 12.1 Å². The molecule has 0 fully saturated rings. The molecule has 2 amide bonds. The molecule has 0 atom stereocenters. The SMILES string of the molecule is CONC(=O)CNC(=O)c1ccc(F)cc1F. The Hall–Kier alpha value is -2.02. The van der Waals surface area contributed by atoms with E-state index in [0.717, 1.165) is 12.1 Å². The second-order valence-corrected chi connectivity index (χ2v) is 3.04. The highest BCUT2D eigenvalue weighted by Gasteiger charge is 2.13. The Morgan fingerprint density at radius 3 is 2.65 bits per heavy atom. The lowest BCUT2D eigenvalue weighted by molar-refractivity contribution is -0.130. The highest BCUT2D eigenvalue weighted by atomic mass is 19.1. The summed E-state index contributed by atoms with van der Waals surface area (Å²) in [6.45, 7) is -0.372. The van der Waals surface area contributed by atoms with Crippen LogP contribution in [0.3, 0.4) is 0 Å². The normalized spacial score (nSPS) is 9.82. The number of carbonyl (C=O) groups is 2. The van der Waals surface area contributed by atoms with Crippen LogP contribution in [0.25, 0.3) is 0 Å². The van der Waals surface area contributed by atoms with Crippen LogP contribution in [0.15, 0.2) is 18.2 Å². The van der Waals surface area contributed by atoms with Gasteiger partial charge in [-0.15, -0.1) is 0 Å². The molecule has 92 valence electrons. The molecule has 0 bridgehead atoms. The predicted octanol–water partition coefficient (Wildman–Crippen LogP) is 0.372. The molecule has 0 aliphatic carbocycles. The zero-order chi connectivity index (χ0) is 12.8. The second-order valence-electron chi connectivity index (χ2n) is 3.04. The van der Waals surface area contributed by atoms with Gasteiger partial charge < -0.3 is 5.32 Å². The van der Waals surface area contributed by atoms with Crippen molar-refractivity contribution in [2.75, 3.05) is 13.7 Å². The van der Waals surface area contributed by atoms with Crippen molar-refractivity contribution in [2.45, 2.75) is 0 Å². The zero-order valence-electron chi connectivity index (χ0n) is 8.92. The topological polar surface area (TPSA) is 67.4 Å². The highest BCUT2D eigenvalue weighted by Crippen LogP contribution is 2.08. The molecule has 0 heterocycles. The first-order chi connectivity index (χ1) is 8.04. The molecule has 0 saturated heterocycles. The van der Waals surface area contributed by atoms with Crippen LogP contribution >= 0.6 is 0 Å². The van der Waals surface area contributed by atoms with E-state index in [1.54, 1.807) is 0 Å². The minimum atomic E-state index is -0.991. The van der Waals surface area contributed by atoms with Gasteiger partial charge in [0.25, 0.3) is 11.8 Å². The lowest BCUT2D eigenvalue weighted by atomic mass is 10.2. The van der Waals surface area contributed by atoms with Gasteiger partial charge in [-0.2, -0.15) is 0 Å². The van der Waals surface area contributed by atoms with Crippen LogP contribution in [0.4, 0.5) is 8.78 Å². The summed E-state index contributed by atoms with van der Waals surface area (Å²) >= 11 is 0. The predicted molar refractivity (Wildman–Crippen MR) is 53.8 cm³/mol. The molecule has 2 N–H and O–H groups in total. The van der Waals surface area contributed by atoms with Crippen LogP contribution in [-0.2, 0) is 9.63 Å². The van der Waals surface area contributed by atoms with E-state index in [1.807, 2.05) is 5.48 Å². The second kappa shape index (κ2) is 5.90. The lowest BCUT2D eigenvalue weighted by Crippen LogP contribution is -2.36. The maximum absolute atomic E-state index is 13.1. The Morgan fingerprint density at radius 2 is 2.06 bits per heavy atom. The smallest absolute Gasteiger partial charge is 0.262 e. The van der Waals surface area contributed by atoms with Gasteiger partial charge in [-0.1, -0.05) is 0 Å². The van der Waals surface area contributed by atoms with Gasteiger partial charge in [0.15, 0.2) is 0 Å². The molecule has 0 aliphatic rings. The van der Waals surface area contributed by atoms with Crippen LogP contribution < -0.4 is 10.8 Å². The number of halogens is 2. The summed E-state index contributed by atoms with van der Waals surface area (Å²) in [5, 5.41) is 2.15. The van der Waals surface area contributed by atoms with E-state index >= 15 is 0 Å². The van der Waals surface area contributed by atoms with Crippen LogP contribution in [0, 0.1) is 11.6 Å². The summed E-state index contributed by atoms with van der Waals surface area (Å²) < 4.78 is 25.7. The Kier molecular flexibility index (Phi) is 4.53. The third-order valence-corrected chi connectivity index (χ3v) is 1.80. The molecule has 0 saturated carbocycles. The number of amides is 2. The summed E-state index contributed by atoms with van der Waals surface area (Å²) in [4.78, 5) is 26.6. The van der Waals surface area contributed by atoms with Crippen LogP contribution in [-0.4, -0.2) is 25.5 Å². The number of benzene rings is 1.